The second-order valence-corrected chi connectivity index (χ2v) is 7.42. The lowest BCUT2D eigenvalue weighted by atomic mass is 10.0. The number of amides is 1. The van der Waals surface area contributed by atoms with Crippen LogP contribution >= 0.6 is 0 Å². The van der Waals surface area contributed by atoms with E-state index >= 15 is 0 Å². The molecule has 0 fully saturated rings. The molecule has 30 heavy (non-hydrogen) atoms. The van der Waals surface area contributed by atoms with Crippen molar-refractivity contribution < 1.29 is 15.0 Å². The largest absolute Gasteiger partial charge is 0.506 e. The van der Waals surface area contributed by atoms with Gasteiger partial charge in [0.2, 0.25) is 12.0 Å². The molecule has 4 N–H and O–H groups in total. The molecule has 0 aliphatic carbocycles. The molecule has 0 spiro atoms. The van der Waals surface area contributed by atoms with Crippen molar-refractivity contribution in [3.63, 3.8) is 0 Å². The second-order valence-electron chi connectivity index (χ2n) is 7.42. The van der Waals surface area contributed by atoms with Crippen LogP contribution in [0.4, 0.5) is 0 Å². The number of aryl methyl sites for hydroxylation is 1. The number of aromatic hydroxyl groups is 1. The molecular formula is C23H27N3O4. The molecule has 7 heteroatoms. The highest BCUT2D eigenvalue weighted by Crippen LogP contribution is 2.28. The number of aromatic amines is 1. The Morgan fingerprint density at radius 3 is 2.80 bits per heavy atom. The van der Waals surface area contributed by atoms with Gasteiger partial charge in [-0.15, -0.1) is 0 Å². The van der Waals surface area contributed by atoms with E-state index in [1.54, 1.807) is 17.0 Å². The zero-order chi connectivity index (χ0) is 21.5. The van der Waals surface area contributed by atoms with Crippen LogP contribution in [0.2, 0.25) is 0 Å². The average Bonchev–Trinajstić information content (AvgIpc) is 2.73. The van der Waals surface area contributed by atoms with Crippen LogP contribution in [0, 0.1) is 6.92 Å². The van der Waals surface area contributed by atoms with Gasteiger partial charge in [-0.1, -0.05) is 35.9 Å². The molecular weight excluding hydrogens is 382 g/mol. The normalized spacial score (nSPS) is 12.1. The van der Waals surface area contributed by atoms with E-state index in [0.29, 0.717) is 42.6 Å². The highest BCUT2D eigenvalue weighted by Gasteiger charge is 2.13. The van der Waals surface area contributed by atoms with Crippen LogP contribution < -0.4 is 10.9 Å². The average molecular weight is 409 g/mol. The van der Waals surface area contributed by atoms with Gasteiger partial charge < -0.3 is 25.4 Å². The number of nitrogens with zero attached hydrogens (tertiary/aromatic N) is 1. The highest BCUT2D eigenvalue weighted by atomic mass is 16.3. The van der Waals surface area contributed by atoms with Crippen molar-refractivity contribution in [1.82, 2.24) is 15.2 Å². The summed E-state index contributed by atoms with van der Waals surface area (Å²) in [6.45, 7) is 4.17. The lowest BCUT2D eigenvalue weighted by Gasteiger charge is -2.19. The molecule has 1 unspecified atom stereocenters. The van der Waals surface area contributed by atoms with Crippen molar-refractivity contribution in [1.29, 1.82) is 0 Å². The van der Waals surface area contributed by atoms with E-state index in [-0.39, 0.29) is 11.3 Å². The Balaban J connectivity index is 1.49. The first kappa shape index (κ1) is 21.5. The van der Waals surface area contributed by atoms with E-state index in [9.17, 15) is 19.8 Å². The lowest BCUT2D eigenvalue weighted by Crippen LogP contribution is -2.28. The smallest absolute Gasteiger partial charge is 0.248 e. The maximum absolute atomic E-state index is 11.5. The first-order valence-electron chi connectivity index (χ1n) is 9.96. The first-order chi connectivity index (χ1) is 14.5. The predicted octanol–water partition coefficient (Wildman–Crippen LogP) is 2.21. The molecule has 0 aliphatic rings. The molecule has 1 amide bonds. The van der Waals surface area contributed by atoms with Gasteiger partial charge in [0.15, 0.2) is 0 Å². The number of phenols is 1. The number of nitrogens with one attached hydrogen (secondary N) is 2. The topological polar surface area (TPSA) is 106 Å². The van der Waals surface area contributed by atoms with Crippen molar-refractivity contribution in [2.75, 3.05) is 19.6 Å². The third-order valence-corrected chi connectivity index (χ3v) is 5.02. The summed E-state index contributed by atoms with van der Waals surface area (Å²) in [5.41, 5.74) is 2.90. The summed E-state index contributed by atoms with van der Waals surface area (Å²) in [6.07, 6.45) is 0.815. The van der Waals surface area contributed by atoms with Crippen LogP contribution in [0.15, 0.2) is 53.3 Å². The monoisotopic (exact) mass is 409 g/mol. The molecule has 0 saturated heterocycles. The van der Waals surface area contributed by atoms with Crippen LogP contribution in [0.25, 0.3) is 10.9 Å². The molecule has 158 valence electrons. The Labute approximate surface area is 175 Å². The number of hydrogen-bond acceptors (Lipinski definition) is 5. The van der Waals surface area contributed by atoms with Gasteiger partial charge in [-0.3, -0.25) is 9.59 Å². The highest BCUT2D eigenvalue weighted by molar-refractivity contribution is 5.87. The Hall–Kier alpha value is -3.16. The summed E-state index contributed by atoms with van der Waals surface area (Å²) in [6, 6.07) is 14.2. The first-order valence-corrected chi connectivity index (χ1v) is 9.96. The Morgan fingerprint density at radius 2 is 2.03 bits per heavy atom. The van der Waals surface area contributed by atoms with Crippen molar-refractivity contribution in [3.05, 3.63) is 75.6 Å². The summed E-state index contributed by atoms with van der Waals surface area (Å²) in [4.78, 5) is 27.2. The van der Waals surface area contributed by atoms with Crippen LogP contribution in [-0.2, 0) is 11.3 Å². The Kier molecular flexibility index (Phi) is 7.21. The molecule has 0 radical (unpaired) electrons. The van der Waals surface area contributed by atoms with Gasteiger partial charge in [0.05, 0.1) is 11.6 Å². The fraction of sp³-hybridized carbons (Fsp3) is 0.304. The minimum absolute atomic E-state index is 0.0332. The maximum Gasteiger partial charge on any atom is 0.248 e. The number of pyridine rings is 1. The number of carbonyl (C=O) groups is 1. The zero-order valence-electron chi connectivity index (χ0n) is 17.0. The molecule has 3 aromatic rings. The molecule has 1 atom stereocenters. The minimum atomic E-state index is -0.798. The summed E-state index contributed by atoms with van der Waals surface area (Å²) in [5, 5.41) is 24.3. The Bertz CT molecular complexity index is 1060. The van der Waals surface area contributed by atoms with Gasteiger partial charge >= 0.3 is 0 Å². The fourth-order valence-corrected chi connectivity index (χ4v) is 3.52. The second kappa shape index (κ2) is 10.0. The predicted molar refractivity (Wildman–Crippen MR) is 116 cm³/mol. The van der Waals surface area contributed by atoms with E-state index < -0.39 is 6.10 Å². The van der Waals surface area contributed by atoms with Crippen LogP contribution in [0.3, 0.4) is 0 Å². The summed E-state index contributed by atoms with van der Waals surface area (Å²) >= 11 is 0. The molecule has 2 aromatic carbocycles. The number of aromatic nitrogens is 1. The summed E-state index contributed by atoms with van der Waals surface area (Å²) < 4.78 is 0. The quantitative estimate of drug-likeness (QED) is 0.304. The number of aliphatic hydroxyl groups excluding tert-OH is 1. The number of aliphatic hydroxyl groups is 1. The number of hydrogen-bond donors (Lipinski definition) is 4. The third kappa shape index (κ3) is 5.46. The van der Waals surface area contributed by atoms with Gasteiger partial charge in [0.1, 0.15) is 5.75 Å². The van der Waals surface area contributed by atoms with Gasteiger partial charge in [0.25, 0.3) is 0 Å². The molecule has 0 saturated carbocycles. The summed E-state index contributed by atoms with van der Waals surface area (Å²) in [7, 11) is 0. The van der Waals surface area contributed by atoms with Crippen LogP contribution in [0.1, 0.15) is 29.2 Å². The summed E-state index contributed by atoms with van der Waals surface area (Å²) in [5.74, 6) is -0.0332. The number of H-pyrrole nitrogens is 1. The number of fused-ring (bicyclic) bond motifs is 1. The van der Waals surface area contributed by atoms with E-state index in [2.05, 4.69) is 16.4 Å². The molecule has 0 aliphatic heterocycles. The van der Waals surface area contributed by atoms with Crippen LogP contribution in [0.5, 0.6) is 5.75 Å². The molecule has 3 rings (SSSR count). The standard InChI is InChI=1S/C23H27N3O4/c1-16-4-2-5-17(12-16)14-26(15-27)11-3-10-24-13-21(29)18-6-8-20(28)23-19(18)7-9-22(30)25-23/h2,4-9,12,15,21,24,28-29H,3,10-11,13-14H2,1H3,(H,25,30). The van der Waals surface area contributed by atoms with Crippen molar-refractivity contribution in [2.45, 2.75) is 26.0 Å². The van der Waals surface area contributed by atoms with Gasteiger partial charge in [-0.05, 0) is 43.1 Å². The van der Waals surface area contributed by atoms with E-state index in [1.165, 1.54) is 17.7 Å². The number of benzene rings is 2. The molecule has 7 nitrogen and oxygen atoms in total. The number of phenolic OH excluding ortho intramolecular Hbond substituents is 1. The molecule has 0 bridgehead atoms. The van der Waals surface area contributed by atoms with Gasteiger partial charge in [0, 0.05) is 31.1 Å². The van der Waals surface area contributed by atoms with Crippen molar-refractivity contribution in [2.24, 2.45) is 0 Å². The molecule has 1 heterocycles. The lowest BCUT2D eigenvalue weighted by molar-refractivity contribution is -0.118. The molecule has 1 aromatic heterocycles. The van der Waals surface area contributed by atoms with Crippen LogP contribution in [-0.4, -0.2) is 46.1 Å². The van der Waals surface area contributed by atoms with Gasteiger partial charge in [-0.25, -0.2) is 0 Å². The Morgan fingerprint density at radius 1 is 1.20 bits per heavy atom. The number of carbonyl (C=O) groups excluding carboxylic acids is 1. The van der Waals surface area contributed by atoms with Crippen molar-refractivity contribution in [3.8, 4) is 5.75 Å². The minimum Gasteiger partial charge on any atom is -0.506 e. The van der Waals surface area contributed by atoms with E-state index in [1.807, 2.05) is 25.1 Å². The van der Waals surface area contributed by atoms with E-state index in [0.717, 1.165) is 18.4 Å². The maximum atomic E-state index is 11.5. The fourth-order valence-electron chi connectivity index (χ4n) is 3.52. The zero-order valence-corrected chi connectivity index (χ0v) is 17.0. The number of rotatable bonds is 10. The van der Waals surface area contributed by atoms with Gasteiger partial charge in [-0.2, -0.15) is 0 Å². The third-order valence-electron chi connectivity index (χ3n) is 5.02. The van der Waals surface area contributed by atoms with E-state index in [4.69, 9.17) is 0 Å². The van der Waals surface area contributed by atoms with Crippen molar-refractivity contribution >= 4 is 17.3 Å². The SMILES string of the molecule is Cc1cccc(CN(C=O)CCCNCC(O)c2ccc(O)c3[nH]c(=O)ccc23)c1.